The topological polar surface area (TPSA) is 29.3 Å². The molecule has 1 saturated carbocycles. The number of halogens is 3. The zero-order chi connectivity index (χ0) is 12.9. The lowest BCUT2D eigenvalue weighted by Crippen LogP contribution is -2.28. The van der Waals surface area contributed by atoms with Crippen LogP contribution in [0.5, 0.6) is 0 Å². The fourth-order valence-corrected chi connectivity index (χ4v) is 2.96. The molecule has 2 unspecified atom stereocenters. The molecule has 0 amide bonds. The van der Waals surface area contributed by atoms with E-state index in [9.17, 15) is 13.2 Å². The molecule has 2 aliphatic rings. The molecule has 0 spiro atoms. The summed E-state index contributed by atoms with van der Waals surface area (Å²) in [6.45, 7) is 2.03. The summed E-state index contributed by atoms with van der Waals surface area (Å²) in [4.78, 5) is 2.07. The maximum atomic E-state index is 12.8. The number of hydrogen-bond donors (Lipinski definition) is 1. The van der Waals surface area contributed by atoms with E-state index < -0.39 is 11.7 Å². The lowest BCUT2D eigenvalue weighted by molar-refractivity contribution is -0.138. The number of piperidine rings is 1. The Hall–Kier alpha value is -1.07. The SMILES string of the molecule is NC1C2CN(Cc3ccccc3C(F)(F)F)CC12. The van der Waals surface area contributed by atoms with Gasteiger partial charge in [-0.05, 0) is 23.5 Å². The zero-order valence-electron chi connectivity index (χ0n) is 9.82. The lowest BCUT2D eigenvalue weighted by atomic mass is 10.1. The average molecular weight is 256 g/mol. The van der Waals surface area contributed by atoms with Crippen molar-refractivity contribution in [3.8, 4) is 0 Å². The Kier molecular flexibility index (Phi) is 2.64. The van der Waals surface area contributed by atoms with Crippen LogP contribution >= 0.6 is 0 Å². The number of rotatable bonds is 2. The Morgan fingerprint density at radius 2 is 1.78 bits per heavy atom. The summed E-state index contributed by atoms with van der Waals surface area (Å²) in [5.41, 5.74) is 5.66. The molecule has 2 atom stereocenters. The smallest absolute Gasteiger partial charge is 0.327 e. The molecular formula is C13H15F3N2. The van der Waals surface area contributed by atoms with Crippen molar-refractivity contribution >= 4 is 0 Å². The predicted molar refractivity (Wildman–Crippen MR) is 61.7 cm³/mol. The Morgan fingerprint density at radius 1 is 1.17 bits per heavy atom. The van der Waals surface area contributed by atoms with E-state index in [-0.39, 0.29) is 6.04 Å². The maximum Gasteiger partial charge on any atom is 0.416 e. The standard InChI is InChI=1S/C13H15F3N2/c14-13(15,16)11-4-2-1-3-8(11)5-18-6-9-10(7-18)12(9)17/h1-4,9-10,12H,5-7,17H2. The maximum absolute atomic E-state index is 12.8. The second-order valence-corrected chi connectivity index (χ2v) is 5.25. The molecule has 1 saturated heterocycles. The van der Waals surface area contributed by atoms with Crippen LogP contribution < -0.4 is 5.73 Å². The quantitative estimate of drug-likeness (QED) is 0.878. The summed E-state index contributed by atoms with van der Waals surface area (Å²) in [7, 11) is 0. The third-order valence-electron chi connectivity index (χ3n) is 4.05. The van der Waals surface area contributed by atoms with Gasteiger partial charge in [-0.1, -0.05) is 18.2 Å². The molecule has 0 aromatic heterocycles. The molecule has 1 aromatic rings. The molecule has 3 rings (SSSR count). The first kappa shape index (κ1) is 12.0. The molecule has 1 aliphatic carbocycles. The summed E-state index contributed by atoms with van der Waals surface area (Å²) in [5, 5.41) is 0. The van der Waals surface area contributed by atoms with Crippen LogP contribution in [0.1, 0.15) is 11.1 Å². The van der Waals surface area contributed by atoms with Crippen LogP contribution in [0.25, 0.3) is 0 Å². The van der Waals surface area contributed by atoms with Crippen molar-refractivity contribution < 1.29 is 13.2 Å². The zero-order valence-corrected chi connectivity index (χ0v) is 9.82. The van der Waals surface area contributed by atoms with E-state index in [1.165, 1.54) is 6.07 Å². The van der Waals surface area contributed by atoms with Crippen LogP contribution in [0.2, 0.25) is 0 Å². The molecule has 5 heteroatoms. The average Bonchev–Trinajstić information content (AvgIpc) is 2.75. The summed E-state index contributed by atoms with van der Waals surface area (Å²) in [6.07, 6.45) is -4.27. The van der Waals surface area contributed by atoms with Crippen LogP contribution in [0.4, 0.5) is 13.2 Å². The Bertz CT molecular complexity index is 446. The molecule has 0 radical (unpaired) electrons. The van der Waals surface area contributed by atoms with Crippen molar-refractivity contribution in [2.45, 2.75) is 18.8 Å². The molecule has 1 heterocycles. The van der Waals surface area contributed by atoms with Gasteiger partial charge in [0.2, 0.25) is 0 Å². The fraction of sp³-hybridized carbons (Fsp3) is 0.538. The Morgan fingerprint density at radius 3 is 2.39 bits per heavy atom. The Balaban J connectivity index is 1.74. The van der Waals surface area contributed by atoms with Crippen LogP contribution in [0.3, 0.4) is 0 Å². The molecule has 2 N–H and O–H groups in total. The molecule has 0 bridgehead atoms. The highest BCUT2D eigenvalue weighted by molar-refractivity contribution is 5.30. The van der Waals surface area contributed by atoms with E-state index in [4.69, 9.17) is 5.73 Å². The number of nitrogens with two attached hydrogens (primary N) is 1. The van der Waals surface area contributed by atoms with Gasteiger partial charge in [0.15, 0.2) is 0 Å². The van der Waals surface area contributed by atoms with Crippen LogP contribution in [-0.2, 0) is 12.7 Å². The van der Waals surface area contributed by atoms with Gasteiger partial charge in [0.05, 0.1) is 5.56 Å². The first-order chi connectivity index (χ1) is 8.47. The minimum Gasteiger partial charge on any atom is -0.327 e. The molecule has 1 aromatic carbocycles. The lowest BCUT2D eigenvalue weighted by Gasteiger charge is -2.21. The molecule has 2 fully saturated rings. The van der Waals surface area contributed by atoms with Crippen LogP contribution in [0, 0.1) is 11.8 Å². The summed E-state index contributed by atoms with van der Waals surface area (Å²) < 4.78 is 38.5. The highest BCUT2D eigenvalue weighted by Gasteiger charge is 2.53. The number of fused-ring (bicyclic) bond motifs is 1. The minimum atomic E-state index is -4.27. The second-order valence-electron chi connectivity index (χ2n) is 5.25. The van der Waals surface area contributed by atoms with Gasteiger partial charge in [-0.3, -0.25) is 4.90 Å². The van der Waals surface area contributed by atoms with Gasteiger partial charge in [0.1, 0.15) is 0 Å². The normalized spacial score (nSPS) is 31.4. The fourth-order valence-electron chi connectivity index (χ4n) is 2.96. The molecule has 2 nitrogen and oxygen atoms in total. The summed E-state index contributed by atoms with van der Waals surface area (Å²) >= 11 is 0. The van der Waals surface area contributed by atoms with E-state index in [0.717, 1.165) is 19.2 Å². The largest absolute Gasteiger partial charge is 0.416 e. The van der Waals surface area contributed by atoms with Gasteiger partial charge >= 0.3 is 6.18 Å². The highest BCUT2D eigenvalue weighted by Crippen LogP contribution is 2.44. The third kappa shape index (κ3) is 2.01. The monoisotopic (exact) mass is 256 g/mol. The molecule has 18 heavy (non-hydrogen) atoms. The minimum absolute atomic E-state index is 0.277. The van der Waals surface area contributed by atoms with Gasteiger partial charge in [0.25, 0.3) is 0 Å². The van der Waals surface area contributed by atoms with Crippen molar-refractivity contribution in [3.63, 3.8) is 0 Å². The second kappa shape index (κ2) is 3.96. The van der Waals surface area contributed by atoms with Crippen LogP contribution in [-0.4, -0.2) is 24.0 Å². The molecule has 1 aliphatic heterocycles. The van der Waals surface area contributed by atoms with Crippen LogP contribution in [0.15, 0.2) is 24.3 Å². The van der Waals surface area contributed by atoms with E-state index >= 15 is 0 Å². The van der Waals surface area contributed by atoms with Gasteiger partial charge in [-0.15, -0.1) is 0 Å². The first-order valence-electron chi connectivity index (χ1n) is 6.10. The van der Waals surface area contributed by atoms with Crippen molar-refractivity contribution in [1.29, 1.82) is 0 Å². The first-order valence-corrected chi connectivity index (χ1v) is 6.10. The number of alkyl halides is 3. The van der Waals surface area contributed by atoms with Gasteiger partial charge < -0.3 is 5.73 Å². The highest BCUT2D eigenvalue weighted by atomic mass is 19.4. The predicted octanol–water partition coefficient (Wildman–Crippen LogP) is 2.09. The van der Waals surface area contributed by atoms with Gasteiger partial charge in [-0.25, -0.2) is 0 Å². The van der Waals surface area contributed by atoms with Gasteiger partial charge in [0, 0.05) is 25.7 Å². The van der Waals surface area contributed by atoms with E-state index in [1.807, 2.05) is 0 Å². The number of benzene rings is 1. The Labute approximate surface area is 104 Å². The molecular weight excluding hydrogens is 241 g/mol. The van der Waals surface area contributed by atoms with E-state index in [0.29, 0.717) is 23.9 Å². The summed E-state index contributed by atoms with van der Waals surface area (Å²) in [5.74, 6) is 1.01. The number of hydrogen-bond acceptors (Lipinski definition) is 2. The van der Waals surface area contributed by atoms with E-state index in [1.54, 1.807) is 12.1 Å². The third-order valence-corrected chi connectivity index (χ3v) is 4.05. The molecule has 98 valence electrons. The summed E-state index contributed by atoms with van der Waals surface area (Å²) in [6, 6.07) is 6.08. The van der Waals surface area contributed by atoms with Crippen molar-refractivity contribution in [3.05, 3.63) is 35.4 Å². The van der Waals surface area contributed by atoms with Crippen molar-refractivity contribution in [2.75, 3.05) is 13.1 Å². The van der Waals surface area contributed by atoms with Crippen molar-refractivity contribution in [1.82, 2.24) is 4.90 Å². The number of nitrogens with zero attached hydrogens (tertiary/aromatic N) is 1. The van der Waals surface area contributed by atoms with Gasteiger partial charge in [-0.2, -0.15) is 13.2 Å². The van der Waals surface area contributed by atoms with E-state index in [2.05, 4.69) is 4.90 Å². The van der Waals surface area contributed by atoms with Crippen molar-refractivity contribution in [2.24, 2.45) is 17.6 Å². The number of likely N-dealkylation sites (tertiary alicyclic amines) is 1.